The Labute approximate surface area is 170 Å². The Kier molecular flexibility index (Phi) is 5.56. The Hall–Kier alpha value is -2.11. The van der Waals surface area contributed by atoms with Gasteiger partial charge in [0.15, 0.2) is 5.78 Å². The van der Waals surface area contributed by atoms with Crippen LogP contribution in [0, 0.1) is 6.92 Å². The summed E-state index contributed by atoms with van der Waals surface area (Å²) < 4.78 is 0. The Morgan fingerprint density at radius 2 is 1.86 bits per heavy atom. The summed E-state index contributed by atoms with van der Waals surface area (Å²) in [6.45, 7) is 6.01. The van der Waals surface area contributed by atoms with Crippen molar-refractivity contribution in [3.05, 3.63) is 57.4 Å². The van der Waals surface area contributed by atoms with E-state index in [0.717, 1.165) is 67.3 Å². The number of fused-ring (bicyclic) bond motifs is 1. The number of halogens is 1. The molecule has 1 aromatic heterocycles. The molecule has 1 aliphatic heterocycles. The first-order valence-corrected chi connectivity index (χ1v) is 10.4. The number of carbonyl (C=O) groups is 2. The van der Waals surface area contributed by atoms with E-state index in [9.17, 15) is 9.59 Å². The number of hydrogen-bond acceptors (Lipinski definition) is 3. The average molecular weight is 400 g/mol. The number of ketones is 1. The van der Waals surface area contributed by atoms with Gasteiger partial charge in [0.05, 0.1) is 0 Å². The van der Waals surface area contributed by atoms with E-state index in [0.29, 0.717) is 18.7 Å². The molecule has 1 N–H and O–H groups in total. The third kappa shape index (κ3) is 3.87. The molecule has 1 saturated heterocycles. The number of aryl methyl sites for hydroxylation is 1. The molecule has 6 heteroatoms. The van der Waals surface area contributed by atoms with Crippen molar-refractivity contribution in [2.75, 3.05) is 26.2 Å². The molecule has 1 aliphatic carbocycles. The largest absolute Gasteiger partial charge is 0.354 e. The molecule has 0 bridgehead atoms. The second-order valence-corrected chi connectivity index (χ2v) is 8.24. The van der Waals surface area contributed by atoms with Crippen molar-refractivity contribution in [3.8, 4) is 0 Å². The summed E-state index contributed by atoms with van der Waals surface area (Å²) in [5.41, 5.74) is 4.36. The SMILES string of the molecule is Cc1c(C(=O)N2CCCN(Cc3ccc(Cl)cc3)CC2)[nH]c2c1C(=O)CCC2. The van der Waals surface area contributed by atoms with Crippen molar-refractivity contribution < 1.29 is 9.59 Å². The van der Waals surface area contributed by atoms with Gasteiger partial charge in [-0.2, -0.15) is 0 Å². The van der Waals surface area contributed by atoms with E-state index in [4.69, 9.17) is 11.6 Å². The Morgan fingerprint density at radius 3 is 2.61 bits per heavy atom. The molecule has 0 unspecified atom stereocenters. The van der Waals surface area contributed by atoms with Crippen molar-refractivity contribution in [2.45, 2.75) is 39.2 Å². The number of nitrogens with zero attached hydrogens (tertiary/aromatic N) is 2. The number of amides is 1. The van der Waals surface area contributed by atoms with Crippen molar-refractivity contribution in [1.82, 2.24) is 14.8 Å². The number of nitrogens with one attached hydrogen (secondary N) is 1. The molecule has 0 spiro atoms. The van der Waals surface area contributed by atoms with E-state index < -0.39 is 0 Å². The molecule has 5 nitrogen and oxygen atoms in total. The third-order valence-electron chi connectivity index (χ3n) is 5.85. The fourth-order valence-electron chi connectivity index (χ4n) is 4.33. The van der Waals surface area contributed by atoms with Crippen LogP contribution in [-0.2, 0) is 13.0 Å². The van der Waals surface area contributed by atoms with E-state index in [-0.39, 0.29) is 11.7 Å². The summed E-state index contributed by atoms with van der Waals surface area (Å²) in [6, 6.07) is 7.95. The lowest BCUT2D eigenvalue weighted by atomic mass is 9.94. The van der Waals surface area contributed by atoms with Gasteiger partial charge in [-0.25, -0.2) is 0 Å². The van der Waals surface area contributed by atoms with Gasteiger partial charge in [0, 0.05) is 55.4 Å². The van der Waals surface area contributed by atoms with Crippen LogP contribution >= 0.6 is 11.6 Å². The topological polar surface area (TPSA) is 56.4 Å². The monoisotopic (exact) mass is 399 g/mol. The predicted molar refractivity (Wildman–Crippen MR) is 110 cm³/mol. The maximum atomic E-state index is 13.2. The first-order valence-electron chi connectivity index (χ1n) is 10.0. The van der Waals surface area contributed by atoms with Crippen LogP contribution in [-0.4, -0.2) is 52.7 Å². The molecule has 1 amide bonds. The summed E-state index contributed by atoms with van der Waals surface area (Å²) in [5, 5.41) is 0.749. The van der Waals surface area contributed by atoms with Crippen molar-refractivity contribution in [3.63, 3.8) is 0 Å². The van der Waals surface area contributed by atoms with Gasteiger partial charge in [0.1, 0.15) is 5.69 Å². The Bertz CT molecular complexity index is 888. The van der Waals surface area contributed by atoms with Crippen LogP contribution in [0.5, 0.6) is 0 Å². The number of Topliss-reactive ketones (excluding diaryl/α,β-unsaturated/α-hetero) is 1. The zero-order chi connectivity index (χ0) is 19.7. The molecule has 1 aromatic carbocycles. The molecule has 0 saturated carbocycles. The highest BCUT2D eigenvalue weighted by atomic mass is 35.5. The highest BCUT2D eigenvalue weighted by Crippen LogP contribution is 2.27. The zero-order valence-corrected chi connectivity index (χ0v) is 17.0. The van der Waals surface area contributed by atoms with E-state index in [1.807, 2.05) is 24.0 Å². The molecular weight excluding hydrogens is 374 g/mol. The summed E-state index contributed by atoms with van der Waals surface area (Å²) in [6.07, 6.45) is 3.24. The molecule has 2 aromatic rings. The molecule has 1 fully saturated rings. The maximum Gasteiger partial charge on any atom is 0.270 e. The van der Waals surface area contributed by atoms with Crippen LogP contribution < -0.4 is 0 Å². The lowest BCUT2D eigenvalue weighted by molar-refractivity contribution is 0.0755. The third-order valence-corrected chi connectivity index (χ3v) is 6.10. The van der Waals surface area contributed by atoms with Crippen LogP contribution in [0.2, 0.25) is 5.02 Å². The van der Waals surface area contributed by atoms with Crippen LogP contribution in [0.3, 0.4) is 0 Å². The molecule has 4 rings (SSSR count). The highest BCUT2D eigenvalue weighted by Gasteiger charge is 2.29. The number of aromatic amines is 1. The molecule has 148 valence electrons. The van der Waals surface area contributed by atoms with Gasteiger partial charge in [-0.05, 0) is 49.4 Å². The number of aromatic nitrogens is 1. The highest BCUT2D eigenvalue weighted by molar-refractivity contribution is 6.30. The van der Waals surface area contributed by atoms with Crippen molar-refractivity contribution in [1.29, 1.82) is 0 Å². The number of rotatable bonds is 3. The minimum atomic E-state index is 0.0213. The standard InChI is InChI=1S/C22H26ClN3O2/c1-15-20-18(4-2-5-19(20)27)24-21(15)22(28)26-11-3-10-25(12-13-26)14-16-6-8-17(23)9-7-16/h6-9,24H,2-5,10-14H2,1H3. The van der Waals surface area contributed by atoms with E-state index in [1.165, 1.54) is 5.56 Å². The Morgan fingerprint density at radius 1 is 1.07 bits per heavy atom. The van der Waals surface area contributed by atoms with Gasteiger partial charge in [-0.1, -0.05) is 23.7 Å². The summed E-state index contributed by atoms with van der Waals surface area (Å²) in [7, 11) is 0. The van der Waals surface area contributed by atoms with E-state index in [1.54, 1.807) is 0 Å². The molecule has 2 heterocycles. The lowest BCUT2D eigenvalue weighted by Crippen LogP contribution is -2.35. The predicted octanol–water partition coefficient (Wildman–Crippen LogP) is 3.84. The van der Waals surface area contributed by atoms with Crippen molar-refractivity contribution >= 4 is 23.3 Å². The van der Waals surface area contributed by atoms with Crippen LogP contribution in [0.4, 0.5) is 0 Å². The van der Waals surface area contributed by atoms with Crippen LogP contribution in [0.25, 0.3) is 0 Å². The molecule has 0 atom stereocenters. The zero-order valence-electron chi connectivity index (χ0n) is 16.3. The Balaban J connectivity index is 1.44. The number of benzene rings is 1. The van der Waals surface area contributed by atoms with Gasteiger partial charge >= 0.3 is 0 Å². The first kappa shape index (κ1) is 19.2. The van der Waals surface area contributed by atoms with Gasteiger partial charge in [-0.15, -0.1) is 0 Å². The fraction of sp³-hybridized carbons (Fsp3) is 0.455. The van der Waals surface area contributed by atoms with E-state index >= 15 is 0 Å². The maximum absolute atomic E-state index is 13.2. The van der Waals surface area contributed by atoms with E-state index in [2.05, 4.69) is 22.0 Å². The smallest absolute Gasteiger partial charge is 0.270 e. The van der Waals surface area contributed by atoms with Gasteiger partial charge in [-0.3, -0.25) is 14.5 Å². The fourth-order valence-corrected chi connectivity index (χ4v) is 4.45. The quantitative estimate of drug-likeness (QED) is 0.853. The van der Waals surface area contributed by atoms with Crippen molar-refractivity contribution in [2.24, 2.45) is 0 Å². The summed E-state index contributed by atoms with van der Waals surface area (Å²) >= 11 is 5.97. The number of H-pyrrole nitrogens is 1. The molecular formula is C22H26ClN3O2. The average Bonchev–Trinajstić information content (AvgIpc) is 2.86. The summed E-state index contributed by atoms with van der Waals surface area (Å²) in [5.74, 6) is 0.187. The normalized spacial score (nSPS) is 18.1. The van der Waals surface area contributed by atoms with Gasteiger partial charge in [0.2, 0.25) is 0 Å². The number of hydrogen-bond donors (Lipinski definition) is 1. The second-order valence-electron chi connectivity index (χ2n) is 7.80. The second kappa shape index (κ2) is 8.10. The minimum Gasteiger partial charge on any atom is -0.354 e. The van der Waals surface area contributed by atoms with Gasteiger partial charge < -0.3 is 9.88 Å². The molecule has 0 radical (unpaired) electrons. The molecule has 2 aliphatic rings. The molecule has 28 heavy (non-hydrogen) atoms. The number of carbonyl (C=O) groups excluding carboxylic acids is 2. The van der Waals surface area contributed by atoms with Gasteiger partial charge in [0.25, 0.3) is 5.91 Å². The minimum absolute atomic E-state index is 0.0213. The first-order chi connectivity index (χ1) is 13.5. The van der Waals surface area contributed by atoms with Crippen LogP contribution in [0.1, 0.15) is 56.9 Å². The summed E-state index contributed by atoms with van der Waals surface area (Å²) in [4.78, 5) is 33.0. The lowest BCUT2D eigenvalue weighted by Gasteiger charge is -2.22. The van der Waals surface area contributed by atoms with Crippen LogP contribution in [0.15, 0.2) is 24.3 Å².